The Morgan fingerprint density at radius 3 is 2.69 bits per heavy atom. The number of likely N-dealkylation sites (N-methyl/N-ethyl adjacent to an activating group) is 1. The fraction of sp³-hybridized carbons (Fsp3) is 0.588. The molecule has 1 aromatic carbocycles. The van der Waals surface area contributed by atoms with E-state index in [2.05, 4.69) is 5.32 Å². The van der Waals surface area contributed by atoms with Crippen LogP contribution in [0.25, 0.3) is 0 Å². The largest absolute Gasteiger partial charge is 0.389 e. The van der Waals surface area contributed by atoms with Gasteiger partial charge in [-0.2, -0.15) is 4.31 Å². The predicted molar refractivity (Wildman–Crippen MR) is 95.4 cm³/mol. The zero-order chi connectivity index (χ0) is 18.7. The van der Waals surface area contributed by atoms with E-state index in [0.717, 1.165) is 13.1 Å². The number of hydrogen-bond donors (Lipinski definition) is 2. The first kappa shape index (κ1) is 19.2. The van der Waals surface area contributed by atoms with Gasteiger partial charge in [0.15, 0.2) is 0 Å². The molecule has 0 aliphatic carbocycles. The molecule has 0 radical (unpaired) electrons. The van der Waals surface area contributed by atoms with Gasteiger partial charge in [0.1, 0.15) is 0 Å². The molecule has 2 fully saturated rings. The summed E-state index contributed by atoms with van der Waals surface area (Å²) in [4.78, 5) is 14.4. The minimum absolute atomic E-state index is 0.0550. The summed E-state index contributed by atoms with van der Waals surface area (Å²) in [7, 11) is -3.84. The zero-order valence-electron chi connectivity index (χ0n) is 14.8. The van der Waals surface area contributed by atoms with E-state index in [-0.39, 0.29) is 30.6 Å². The molecule has 2 aliphatic heterocycles. The van der Waals surface area contributed by atoms with Gasteiger partial charge in [-0.05, 0) is 18.2 Å². The van der Waals surface area contributed by atoms with Crippen molar-refractivity contribution in [3.8, 4) is 0 Å². The van der Waals surface area contributed by atoms with Gasteiger partial charge in [0.25, 0.3) is 5.91 Å². The predicted octanol–water partition coefficient (Wildman–Crippen LogP) is -0.498. The minimum Gasteiger partial charge on any atom is -0.389 e. The van der Waals surface area contributed by atoms with Gasteiger partial charge in [-0.1, -0.05) is 13.0 Å². The molecule has 9 heteroatoms. The summed E-state index contributed by atoms with van der Waals surface area (Å²) in [6.07, 6.45) is -0.851. The molecule has 0 aromatic heterocycles. The maximum Gasteiger partial charge on any atom is 0.253 e. The summed E-state index contributed by atoms with van der Waals surface area (Å²) < 4.78 is 32.6. The van der Waals surface area contributed by atoms with Gasteiger partial charge in [0, 0.05) is 38.3 Å². The number of aliphatic hydroxyl groups is 1. The number of nitrogens with one attached hydrogen (secondary N) is 1. The summed E-state index contributed by atoms with van der Waals surface area (Å²) in [5.41, 5.74) is 0.354. The number of carbonyl (C=O) groups is 1. The number of aliphatic hydroxyl groups excluding tert-OH is 1. The molecule has 1 amide bonds. The van der Waals surface area contributed by atoms with Gasteiger partial charge < -0.3 is 20.1 Å². The lowest BCUT2D eigenvalue weighted by Crippen LogP contribution is -2.47. The maximum atomic E-state index is 13.1. The molecule has 2 saturated heterocycles. The van der Waals surface area contributed by atoms with Crippen molar-refractivity contribution in [2.75, 3.05) is 45.9 Å². The SMILES string of the molecule is CCN([C@H]1COC[C@@H]1O)S(=O)(=O)c1cccc(C(=O)N2CCNCC2)c1. The van der Waals surface area contributed by atoms with E-state index >= 15 is 0 Å². The molecule has 8 nitrogen and oxygen atoms in total. The lowest BCUT2D eigenvalue weighted by molar-refractivity contribution is 0.0735. The van der Waals surface area contributed by atoms with Crippen molar-refractivity contribution in [3.05, 3.63) is 29.8 Å². The number of nitrogens with zero attached hydrogens (tertiary/aromatic N) is 2. The van der Waals surface area contributed by atoms with Crippen molar-refractivity contribution in [1.29, 1.82) is 0 Å². The van der Waals surface area contributed by atoms with E-state index in [1.807, 2.05) is 0 Å². The fourth-order valence-electron chi connectivity index (χ4n) is 3.36. The third-order valence-corrected chi connectivity index (χ3v) is 6.79. The molecule has 26 heavy (non-hydrogen) atoms. The summed E-state index contributed by atoms with van der Waals surface area (Å²) in [5.74, 6) is -0.171. The number of amides is 1. The molecule has 0 unspecified atom stereocenters. The molecule has 144 valence electrons. The molecule has 2 atom stereocenters. The molecule has 2 aliphatic rings. The average molecular weight is 383 g/mol. The monoisotopic (exact) mass is 383 g/mol. The van der Waals surface area contributed by atoms with Crippen LogP contribution in [0.3, 0.4) is 0 Å². The van der Waals surface area contributed by atoms with Crippen LogP contribution >= 0.6 is 0 Å². The van der Waals surface area contributed by atoms with Crippen LogP contribution in [0.5, 0.6) is 0 Å². The zero-order valence-corrected chi connectivity index (χ0v) is 15.6. The van der Waals surface area contributed by atoms with Crippen molar-refractivity contribution >= 4 is 15.9 Å². The normalized spacial score (nSPS) is 24.2. The van der Waals surface area contributed by atoms with Crippen LogP contribution in [-0.2, 0) is 14.8 Å². The Kier molecular flexibility index (Phi) is 5.93. The Labute approximate surface area is 153 Å². The third-order valence-electron chi connectivity index (χ3n) is 4.79. The van der Waals surface area contributed by atoms with Crippen molar-refractivity contribution in [3.63, 3.8) is 0 Å². The lowest BCUT2D eigenvalue weighted by atomic mass is 10.2. The second kappa shape index (κ2) is 8.01. The molecule has 2 heterocycles. The van der Waals surface area contributed by atoms with Crippen LogP contribution in [0.15, 0.2) is 29.2 Å². The van der Waals surface area contributed by atoms with E-state index in [0.29, 0.717) is 18.7 Å². The summed E-state index contributed by atoms with van der Waals surface area (Å²) in [5, 5.41) is 13.2. The van der Waals surface area contributed by atoms with Gasteiger partial charge >= 0.3 is 0 Å². The van der Waals surface area contributed by atoms with Crippen molar-refractivity contribution in [1.82, 2.24) is 14.5 Å². The molecule has 0 saturated carbocycles. The van der Waals surface area contributed by atoms with Crippen LogP contribution in [0.2, 0.25) is 0 Å². The van der Waals surface area contributed by atoms with Crippen LogP contribution in [0, 0.1) is 0 Å². The minimum atomic E-state index is -3.84. The highest BCUT2D eigenvalue weighted by Gasteiger charge is 2.38. The molecule has 3 rings (SSSR count). The van der Waals surface area contributed by atoms with E-state index in [4.69, 9.17) is 4.74 Å². The highest BCUT2D eigenvalue weighted by molar-refractivity contribution is 7.89. The Morgan fingerprint density at radius 2 is 2.08 bits per heavy atom. The van der Waals surface area contributed by atoms with Crippen LogP contribution in [-0.4, -0.2) is 86.7 Å². The van der Waals surface area contributed by atoms with Gasteiger partial charge in [-0.25, -0.2) is 8.42 Å². The van der Waals surface area contributed by atoms with Gasteiger partial charge in [-0.3, -0.25) is 4.79 Å². The second-order valence-electron chi connectivity index (χ2n) is 6.45. The quantitative estimate of drug-likeness (QED) is 0.711. The number of sulfonamides is 1. The Bertz CT molecular complexity index is 749. The number of hydrogen-bond acceptors (Lipinski definition) is 6. The fourth-order valence-corrected chi connectivity index (χ4v) is 5.06. The first-order valence-corrected chi connectivity index (χ1v) is 10.3. The number of ether oxygens (including phenoxy) is 1. The Hall–Kier alpha value is -1.52. The topological polar surface area (TPSA) is 99.2 Å². The van der Waals surface area contributed by atoms with Crippen molar-refractivity contribution in [2.45, 2.75) is 24.0 Å². The van der Waals surface area contributed by atoms with Crippen LogP contribution < -0.4 is 5.32 Å². The smallest absolute Gasteiger partial charge is 0.253 e. The second-order valence-corrected chi connectivity index (χ2v) is 8.34. The molecule has 0 bridgehead atoms. The number of carbonyl (C=O) groups excluding carboxylic acids is 1. The summed E-state index contributed by atoms with van der Waals surface area (Å²) >= 11 is 0. The maximum absolute atomic E-state index is 13.1. The Balaban J connectivity index is 1.86. The van der Waals surface area contributed by atoms with Gasteiger partial charge in [0.2, 0.25) is 10.0 Å². The molecule has 1 aromatic rings. The average Bonchev–Trinajstić information content (AvgIpc) is 3.08. The standard InChI is InChI=1S/C17H25N3O5S/c1-2-20(15-11-25-12-16(15)21)26(23,24)14-5-3-4-13(10-14)17(22)19-8-6-18-7-9-19/h3-5,10,15-16,18,21H,2,6-9,11-12H2,1H3/t15-,16-/m0/s1. The van der Waals surface area contributed by atoms with Crippen molar-refractivity contribution < 1.29 is 23.1 Å². The van der Waals surface area contributed by atoms with Crippen LogP contribution in [0.1, 0.15) is 17.3 Å². The van der Waals surface area contributed by atoms with E-state index in [9.17, 15) is 18.3 Å². The lowest BCUT2D eigenvalue weighted by Gasteiger charge is -2.29. The van der Waals surface area contributed by atoms with Crippen LogP contribution in [0.4, 0.5) is 0 Å². The first-order valence-electron chi connectivity index (χ1n) is 8.83. The highest BCUT2D eigenvalue weighted by Crippen LogP contribution is 2.24. The third kappa shape index (κ3) is 3.77. The molecular formula is C17H25N3O5S. The number of piperazine rings is 1. The molecule has 0 spiro atoms. The van der Waals surface area contributed by atoms with E-state index in [1.54, 1.807) is 24.0 Å². The van der Waals surface area contributed by atoms with E-state index < -0.39 is 22.2 Å². The first-order chi connectivity index (χ1) is 12.4. The summed E-state index contributed by atoms with van der Waals surface area (Å²) in [6.45, 7) is 4.87. The molecule has 2 N–H and O–H groups in total. The van der Waals surface area contributed by atoms with Gasteiger partial charge in [-0.15, -0.1) is 0 Å². The van der Waals surface area contributed by atoms with E-state index in [1.165, 1.54) is 16.4 Å². The highest BCUT2D eigenvalue weighted by atomic mass is 32.2. The molecular weight excluding hydrogens is 358 g/mol. The van der Waals surface area contributed by atoms with Gasteiger partial charge in [0.05, 0.1) is 30.3 Å². The summed E-state index contributed by atoms with van der Waals surface area (Å²) in [6, 6.07) is 5.50. The van der Waals surface area contributed by atoms with Crippen molar-refractivity contribution in [2.24, 2.45) is 0 Å². The number of rotatable bonds is 5. The number of benzene rings is 1. The Morgan fingerprint density at radius 1 is 1.35 bits per heavy atom.